The van der Waals surface area contributed by atoms with Gasteiger partial charge in [0.25, 0.3) is 5.91 Å². The monoisotopic (exact) mass is 644 g/mol. The van der Waals surface area contributed by atoms with Gasteiger partial charge in [-0.25, -0.2) is 0 Å². The number of nitrogens with zero attached hydrogens (tertiary/aromatic N) is 5. The van der Waals surface area contributed by atoms with E-state index in [0.29, 0.717) is 47.6 Å². The Labute approximate surface area is 272 Å². The van der Waals surface area contributed by atoms with Gasteiger partial charge in [-0.05, 0) is 84.2 Å². The van der Waals surface area contributed by atoms with Crippen molar-refractivity contribution in [3.05, 3.63) is 70.4 Å². The van der Waals surface area contributed by atoms with Gasteiger partial charge in [0.05, 0.1) is 20.3 Å². The summed E-state index contributed by atoms with van der Waals surface area (Å²) in [5.74, 6) is 1.36. The number of hydrogen-bond donors (Lipinski definition) is 1. The maximum atomic E-state index is 14.3. The molecular weight excluding hydrogens is 604 g/mol. The Hall–Kier alpha value is -4.29. The number of amides is 2. The van der Waals surface area contributed by atoms with Gasteiger partial charge in [0.2, 0.25) is 11.7 Å². The molecule has 0 spiro atoms. The standard InChI is InChI=1S/C34H40N6O5S/c1-43-28-17-14-25(20-29(28)44-2)33-36-38-39(37-33)22-31(41)40(26-15-12-24(13-16-26)23-8-4-3-5-9-23)32(30-11-7-19-46-30)34(42)35-21-27-10-6-18-45-27/h7,11-17,19-20,23,27,32H,3-6,8-10,18,21-22H2,1-2H3,(H,35,42)/t27-,32+/m0/s1. The highest BCUT2D eigenvalue weighted by Crippen LogP contribution is 2.36. The van der Waals surface area contributed by atoms with E-state index in [1.165, 1.54) is 53.8 Å². The van der Waals surface area contributed by atoms with Crippen molar-refractivity contribution in [1.29, 1.82) is 0 Å². The summed E-state index contributed by atoms with van der Waals surface area (Å²) in [6.45, 7) is 0.872. The van der Waals surface area contributed by atoms with Crippen LogP contribution in [0, 0.1) is 0 Å². The zero-order valence-electron chi connectivity index (χ0n) is 26.3. The number of thiophene rings is 1. The second-order valence-corrected chi connectivity index (χ2v) is 12.7. The first-order chi connectivity index (χ1) is 22.5. The van der Waals surface area contributed by atoms with Crippen molar-refractivity contribution in [3.8, 4) is 22.9 Å². The minimum Gasteiger partial charge on any atom is -0.493 e. The number of nitrogens with one attached hydrogen (secondary N) is 1. The maximum absolute atomic E-state index is 14.3. The van der Waals surface area contributed by atoms with Gasteiger partial charge in [0, 0.05) is 29.3 Å². The van der Waals surface area contributed by atoms with E-state index in [2.05, 4.69) is 32.9 Å². The second kappa shape index (κ2) is 14.9. The predicted octanol–water partition coefficient (Wildman–Crippen LogP) is 5.54. The van der Waals surface area contributed by atoms with Crippen molar-refractivity contribution in [2.75, 3.05) is 32.3 Å². The Bertz CT molecular complexity index is 1600. The lowest BCUT2D eigenvalue weighted by Gasteiger charge is -2.31. The highest BCUT2D eigenvalue weighted by molar-refractivity contribution is 7.10. The van der Waals surface area contributed by atoms with E-state index >= 15 is 0 Å². The molecule has 11 nitrogen and oxygen atoms in total. The summed E-state index contributed by atoms with van der Waals surface area (Å²) in [4.78, 5) is 31.8. The summed E-state index contributed by atoms with van der Waals surface area (Å²) in [6.07, 6.45) is 7.94. The molecule has 1 saturated heterocycles. The van der Waals surface area contributed by atoms with Crippen LogP contribution in [0.3, 0.4) is 0 Å². The average molecular weight is 645 g/mol. The Morgan fingerprint density at radius 1 is 1.02 bits per heavy atom. The molecule has 0 radical (unpaired) electrons. The fraction of sp³-hybridized carbons (Fsp3) is 0.441. The lowest BCUT2D eigenvalue weighted by atomic mass is 9.84. The SMILES string of the molecule is COc1ccc(-c2nnn(CC(=O)N(c3ccc(C4CCCCC4)cc3)[C@@H](C(=O)NC[C@@H]3CCCO3)c3cccs3)n2)cc1OC. The first kappa shape index (κ1) is 31.7. The van der Waals surface area contributed by atoms with Crippen LogP contribution in [-0.4, -0.2) is 65.5 Å². The molecule has 2 aromatic heterocycles. The maximum Gasteiger partial charge on any atom is 0.251 e. The minimum atomic E-state index is -0.886. The summed E-state index contributed by atoms with van der Waals surface area (Å²) in [6, 6.07) is 16.3. The van der Waals surface area contributed by atoms with Crippen molar-refractivity contribution in [2.24, 2.45) is 0 Å². The molecule has 0 unspecified atom stereocenters. The second-order valence-electron chi connectivity index (χ2n) is 11.7. The van der Waals surface area contributed by atoms with Crippen molar-refractivity contribution < 1.29 is 23.8 Å². The zero-order valence-corrected chi connectivity index (χ0v) is 27.1. The molecule has 1 aliphatic carbocycles. The topological polar surface area (TPSA) is 121 Å². The molecule has 0 bridgehead atoms. The van der Waals surface area contributed by atoms with Crippen LogP contribution in [0.2, 0.25) is 0 Å². The zero-order chi connectivity index (χ0) is 31.9. The highest BCUT2D eigenvalue weighted by atomic mass is 32.1. The molecule has 1 saturated carbocycles. The Morgan fingerprint density at radius 3 is 2.52 bits per heavy atom. The fourth-order valence-corrected chi connectivity index (χ4v) is 7.13. The van der Waals surface area contributed by atoms with E-state index in [1.807, 2.05) is 29.6 Å². The smallest absolute Gasteiger partial charge is 0.251 e. The minimum absolute atomic E-state index is 0.0267. The summed E-state index contributed by atoms with van der Waals surface area (Å²) >= 11 is 1.44. The number of benzene rings is 2. The van der Waals surface area contributed by atoms with Gasteiger partial charge in [0.1, 0.15) is 12.6 Å². The van der Waals surface area contributed by atoms with Crippen LogP contribution in [0.1, 0.15) is 67.3 Å². The summed E-state index contributed by atoms with van der Waals surface area (Å²) in [7, 11) is 3.13. The van der Waals surface area contributed by atoms with Crippen molar-refractivity contribution in [1.82, 2.24) is 25.5 Å². The van der Waals surface area contributed by atoms with Gasteiger partial charge in [-0.3, -0.25) is 14.5 Å². The summed E-state index contributed by atoms with van der Waals surface area (Å²) in [5.41, 5.74) is 2.57. The molecule has 2 atom stereocenters. The molecule has 6 rings (SSSR count). The largest absolute Gasteiger partial charge is 0.493 e. The quantitative estimate of drug-likeness (QED) is 0.214. The Kier molecular flexibility index (Phi) is 10.2. The number of tetrazole rings is 1. The van der Waals surface area contributed by atoms with Crippen LogP contribution in [-0.2, 0) is 20.9 Å². The van der Waals surface area contributed by atoms with E-state index in [-0.39, 0.29) is 24.5 Å². The van der Waals surface area contributed by atoms with E-state index < -0.39 is 6.04 Å². The number of ether oxygens (including phenoxy) is 3. The van der Waals surface area contributed by atoms with Crippen molar-refractivity contribution >= 4 is 28.8 Å². The number of methoxy groups -OCH3 is 2. The predicted molar refractivity (Wildman–Crippen MR) is 175 cm³/mol. The molecule has 2 fully saturated rings. The molecule has 2 aromatic carbocycles. The number of carbonyl (C=O) groups is 2. The molecule has 242 valence electrons. The van der Waals surface area contributed by atoms with Crippen LogP contribution in [0.15, 0.2) is 60.0 Å². The van der Waals surface area contributed by atoms with Crippen LogP contribution < -0.4 is 19.7 Å². The van der Waals surface area contributed by atoms with Gasteiger partial charge < -0.3 is 19.5 Å². The average Bonchev–Trinajstić information content (AvgIpc) is 3.91. The fourth-order valence-electron chi connectivity index (χ4n) is 6.32. The number of rotatable bonds is 12. The van der Waals surface area contributed by atoms with Gasteiger partial charge in [-0.2, -0.15) is 4.80 Å². The van der Waals surface area contributed by atoms with Gasteiger partial charge in [-0.1, -0.05) is 37.5 Å². The molecule has 1 aliphatic heterocycles. The van der Waals surface area contributed by atoms with Crippen LogP contribution in [0.5, 0.6) is 11.5 Å². The molecule has 3 heterocycles. The third-order valence-electron chi connectivity index (χ3n) is 8.73. The molecular formula is C34H40N6O5S. The number of anilines is 1. The first-order valence-corrected chi connectivity index (χ1v) is 16.8. The molecule has 12 heteroatoms. The lowest BCUT2D eigenvalue weighted by molar-refractivity contribution is -0.127. The molecule has 46 heavy (non-hydrogen) atoms. The third kappa shape index (κ3) is 7.23. The van der Waals surface area contributed by atoms with E-state index in [4.69, 9.17) is 14.2 Å². The van der Waals surface area contributed by atoms with E-state index in [1.54, 1.807) is 37.3 Å². The first-order valence-electron chi connectivity index (χ1n) is 15.9. The number of hydrogen-bond acceptors (Lipinski definition) is 9. The molecule has 2 aliphatic rings. The Balaban J connectivity index is 1.29. The van der Waals surface area contributed by atoms with Crippen molar-refractivity contribution in [3.63, 3.8) is 0 Å². The van der Waals surface area contributed by atoms with Crippen molar-refractivity contribution in [2.45, 2.75) is 69.6 Å². The van der Waals surface area contributed by atoms with E-state index in [0.717, 1.165) is 17.7 Å². The number of carbonyl (C=O) groups excluding carboxylic acids is 2. The Morgan fingerprint density at radius 2 is 1.83 bits per heavy atom. The number of aromatic nitrogens is 4. The van der Waals surface area contributed by atoms with E-state index in [9.17, 15) is 9.59 Å². The van der Waals surface area contributed by atoms with Crippen LogP contribution in [0.4, 0.5) is 5.69 Å². The normalized spacial score (nSPS) is 17.4. The molecule has 1 N–H and O–H groups in total. The van der Waals surface area contributed by atoms with Crippen LogP contribution in [0.25, 0.3) is 11.4 Å². The molecule has 2 amide bonds. The van der Waals surface area contributed by atoms with Crippen LogP contribution >= 0.6 is 11.3 Å². The summed E-state index contributed by atoms with van der Waals surface area (Å²) in [5, 5.41) is 17.8. The van der Waals surface area contributed by atoms with Gasteiger partial charge in [0.15, 0.2) is 11.5 Å². The van der Waals surface area contributed by atoms with Gasteiger partial charge in [-0.15, -0.1) is 21.5 Å². The van der Waals surface area contributed by atoms with Gasteiger partial charge >= 0.3 is 0 Å². The molecule has 4 aromatic rings. The third-order valence-corrected chi connectivity index (χ3v) is 9.66. The highest BCUT2D eigenvalue weighted by Gasteiger charge is 2.35. The lowest BCUT2D eigenvalue weighted by Crippen LogP contribution is -2.46. The summed E-state index contributed by atoms with van der Waals surface area (Å²) < 4.78 is 16.5.